The van der Waals surface area contributed by atoms with Crippen molar-refractivity contribution in [2.75, 3.05) is 0 Å². The summed E-state index contributed by atoms with van der Waals surface area (Å²) < 4.78 is 0. The minimum Gasteiger partial charge on any atom is -0.868 e. The van der Waals surface area contributed by atoms with Crippen molar-refractivity contribution in [1.82, 2.24) is 0 Å². The zero-order chi connectivity index (χ0) is 20.0. The third-order valence-corrected chi connectivity index (χ3v) is 2.72. The van der Waals surface area contributed by atoms with Crippen molar-refractivity contribution in [3.05, 3.63) is 76.9 Å². The van der Waals surface area contributed by atoms with Crippen molar-refractivity contribution in [1.29, 1.82) is 0 Å². The molecule has 14 nitrogen and oxygen atoms in total. The number of non-ortho nitro benzene ring substituents is 1. The molecule has 0 amide bonds. The van der Waals surface area contributed by atoms with E-state index in [1.54, 1.807) is 0 Å². The summed E-state index contributed by atoms with van der Waals surface area (Å²) in [5, 5.41) is 60.7. The number of benzene rings is 2. The molecule has 136 valence electrons. The molecular formula is C12H7N4NaO10. The summed E-state index contributed by atoms with van der Waals surface area (Å²) in [6.45, 7) is 0. The van der Waals surface area contributed by atoms with Crippen LogP contribution in [0.3, 0.4) is 0 Å². The summed E-state index contributed by atoms with van der Waals surface area (Å²) in [5.74, 6) is -1.55. The van der Waals surface area contributed by atoms with Crippen molar-refractivity contribution in [2.24, 2.45) is 0 Å². The maximum absolute atomic E-state index is 10.8. The molecule has 0 aliphatic rings. The summed E-state index contributed by atoms with van der Waals surface area (Å²) in [6, 6.07) is 5.53. The molecule has 0 bridgehead atoms. The van der Waals surface area contributed by atoms with Crippen LogP contribution in [-0.2, 0) is 0 Å². The third-order valence-electron chi connectivity index (χ3n) is 2.72. The number of para-hydroxylation sites is 1. The number of nitro benzene ring substituents is 4. The normalized spacial score (nSPS) is 9.19. The van der Waals surface area contributed by atoms with Crippen LogP contribution in [0.5, 0.6) is 11.5 Å². The Morgan fingerprint density at radius 3 is 1.70 bits per heavy atom. The maximum Gasteiger partial charge on any atom is 1.00 e. The molecule has 0 spiro atoms. The molecule has 0 unspecified atom stereocenters. The summed E-state index contributed by atoms with van der Waals surface area (Å²) in [7, 11) is 0. The molecule has 0 saturated heterocycles. The fourth-order valence-electron chi connectivity index (χ4n) is 1.61. The second-order valence-corrected chi connectivity index (χ2v) is 4.33. The van der Waals surface area contributed by atoms with E-state index >= 15 is 0 Å². The number of hydrogen-bond donors (Lipinski definition) is 1. The van der Waals surface area contributed by atoms with Crippen LogP contribution < -0.4 is 34.7 Å². The van der Waals surface area contributed by atoms with Crippen LogP contribution in [0, 0.1) is 40.5 Å². The molecule has 0 fully saturated rings. The Balaban J connectivity index is 0.000000483. The Morgan fingerprint density at radius 1 is 0.741 bits per heavy atom. The number of rotatable bonds is 4. The molecular weight excluding hydrogens is 383 g/mol. The van der Waals surface area contributed by atoms with Gasteiger partial charge in [-0.25, -0.2) is 0 Å². The van der Waals surface area contributed by atoms with E-state index in [-0.39, 0.29) is 29.6 Å². The number of aromatic hydroxyl groups is 1. The molecule has 0 saturated carbocycles. The first kappa shape index (κ1) is 23.6. The summed E-state index contributed by atoms with van der Waals surface area (Å²) in [6.07, 6.45) is 0. The second-order valence-electron chi connectivity index (χ2n) is 4.33. The van der Waals surface area contributed by atoms with Gasteiger partial charge in [0.05, 0.1) is 25.8 Å². The zero-order valence-electron chi connectivity index (χ0n) is 13.4. The van der Waals surface area contributed by atoms with Crippen molar-refractivity contribution >= 4 is 22.7 Å². The molecule has 2 rings (SSSR count). The quantitative estimate of drug-likeness (QED) is 0.373. The largest absolute Gasteiger partial charge is 1.00 e. The Morgan fingerprint density at radius 2 is 1.30 bits per heavy atom. The molecule has 2 aromatic rings. The Kier molecular flexibility index (Phi) is 8.71. The topological polar surface area (TPSA) is 216 Å². The van der Waals surface area contributed by atoms with E-state index in [9.17, 15) is 45.6 Å². The molecule has 27 heavy (non-hydrogen) atoms. The van der Waals surface area contributed by atoms with Gasteiger partial charge in [0.15, 0.2) is 5.75 Å². The molecule has 0 radical (unpaired) electrons. The van der Waals surface area contributed by atoms with Crippen molar-refractivity contribution in [2.45, 2.75) is 0 Å². The fourth-order valence-corrected chi connectivity index (χ4v) is 1.61. The van der Waals surface area contributed by atoms with Crippen molar-refractivity contribution < 1.29 is 59.5 Å². The van der Waals surface area contributed by atoms with Gasteiger partial charge in [-0.3, -0.25) is 40.5 Å². The number of nitrogens with zero attached hydrogens (tertiary/aromatic N) is 4. The first-order chi connectivity index (χ1) is 12.1. The molecule has 1 N–H and O–H groups in total. The van der Waals surface area contributed by atoms with Gasteiger partial charge in [0.1, 0.15) is 0 Å². The van der Waals surface area contributed by atoms with Crippen molar-refractivity contribution in [3.8, 4) is 11.5 Å². The summed E-state index contributed by atoms with van der Waals surface area (Å²) in [5.41, 5.74) is -2.87. The maximum atomic E-state index is 10.8. The monoisotopic (exact) mass is 390 g/mol. The molecule has 0 aromatic heterocycles. The van der Waals surface area contributed by atoms with Gasteiger partial charge in [0.25, 0.3) is 5.69 Å². The molecule has 0 aliphatic carbocycles. The SMILES string of the molecule is O=[N+]([O-])c1ccc(O)c([N+](=O)[O-])c1.O=[N+]([O-])c1cccc([O-])c1[N+](=O)[O-].[Na+]. The van der Waals surface area contributed by atoms with Crippen LogP contribution in [0.25, 0.3) is 0 Å². The average Bonchev–Trinajstić information content (AvgIpc) is 2.54. The van der Waals surface area contributed by atoms with Crippen LogP contribution in [0.1, 0.15) is 0 Å². The molecule has 2 aromatic carbocycles. The molecule has 0 heterocycles. The minimum atomic E-state index is -1.06. The first-order valence-corrected chi connectivity index (χ1v) is 6.26. The standard InChI is InChI=1S/2C6H4N2O5.Na/c9-6-2-1-4(7(10)11)3-5(6)8(12)13;9-5-3-1-2-4(7(10)11)6(5)8(12)13;/h2*1-3,9H;/q;;+1/p-1. The van der Waals surface area contributed by atoms with Gasteiger partial charge >= 0.3 is 46.6 Å². The van der Waals surface area contributed by atoms with E-state index in [4.69, 9.17) is 5.11 Å². The zero-order valence-corrected chi connectivity index (χ0v) is 15.4. The van der Waals surface area contributed by atoms with Crippen LogP contribution in [0.15, 0.2) is 36.4 Å². The van der Waals surface area contributed by atoms with Gasteiger partial charge in [-0.15, -0.1) is 0 Å². The van der Waals surface area contributed by atoms with E-state index in [1.807, 2.05) is 0 Å². The predicted octanol–water partition coefficient (Wildman–Crippen LogP) is -1.21. The van der Waals surface area contributed by atoms with Gasteiger partial charge in [0, 0.05) is 12.1 Å². The number of phenolic OH excluding ortho intramolecular Hbond substituents is 1. The van der Waals surface area contributed by atoms with Crippen LogP contribution in [0.4, 0.5) is 22.7 Å². The Labute approximate surface area is 170 Å². The Hall–Kier alpha value is -3.36. The predicted molar refractivity (Wildman–Crippen MR) is 80.6 cm³/mol. The molecule has 0 atom stereocenters. The summed E-state index contributed by atoms with van der Waals surface area (Å²) in [4.78, 5) is 37.2. The van der Waals surface area contributed by atoms with E-state index in [1.165, 1.54) is 0 Å². The van der Waals surface area contributed by atoms with E-state index in [2.05, 4.69) is 0 Å². The number of phenols is 1. The fraction of sp³-hybridized carbons (Fsp3) is 0. The van der Waals surface area contributed by atoms with E-state index < -0.39 is 53.9 Å². The van der Waals surface area contributed by atoms with Crippen LogP contribution in [-0.4, -0.2) is 24.8 Å². The third kappa shape index (κ3) is 6.14. The first-order valence-electron chi connectivity index (χ1n) is 6.26. The van der Waals surface area contributed by atoms with Gasteiger partial charge < -0.3 is 10.2 Å². The van der Waals surface area contributed by atoms with Gasteiger partial charge in [-0.2, -0.15) is 0 Å². The van der Waals surface area contributed by atoms with Gasteiger partial charge in [-0.05, 0) is 11.8 Å². The Bertz CT molecular complexity index is 904. The van der Waals surface area contributed by atoms with Crippen LogP contribution >= 0.6 is 0 Å². The van der Waals surface area contributed by atoms with Gasteiger partial charge in [-0.1, -0.05) is 12.1 Å². The van der Waals surface area contributed by atoms with Gasteiger partial charge in [0.2, 0.25) is 0 Å². The van der Waals surface area contributed by atoms with E-state index in [0.29, 0.717) is 6.07 Å². The average molecular weight is 390 g/mol. The number of nitro groups is 4. The molecule has 0 aliphatic heterocycles. The second kappa shape index (κ2) is 9.95. The molecule has 15 heteroatoms. The minimum absolute atomic E-state index is 0. The van der Waals surface area contributed by atoms with Crippen LogP contribution in [0.2, 0.25) is 0 Å². The van der Waals surface area contributed by atoms with Crippen molar-refractivity contribution in [3.63, 3.8) is 0 Å². The van der Waals surface area contributed by atoms with E-state index in [0.717, 1.165) is 30.3 Å². The number of hydrogen-bond acceptors (Lipinski definition) is 10. The smallest absolute Gasteiger partial charge is 0.868 e. The summed E-state index contributed by atoms with van der Waals surface area (Å²) >= 11 is 0.